The smallest absolute Gasteiger partial charge is 0.341 e. The van der Waals surface area contributed by atoms with E-state index in [1.54, 1.807) is 14.0 Å². The largest absolute Gasteiger partial charge is 0.408 e. The Labute approximate surface area is 168 Å². The minimum atomic E-state index is -0.0742. The minimum Gasteiger partial charge on any atom is -0.341 e. The van der Waals surface area contributed by atoms with Crippen LogP contribution in [0.25, 0.3) is 0 Å². The van der Waals surface area contributed by atoms with Crippen molar-refractivity contribution in [3.8, 4) is 0 Å². The van der Waals surface area contributed by atoms with Crippen molar-refractivity contribution in [3.05, 3.63) is 0 Å². The van der Waals surface area contributed by atoms with Crippen LogP contribution in [0.1, 0.15) is 51.9 Å². The van der Waals surface area contributed by atoms with Gasteiger partial charge in [-0.05, 0) is 64.0 Å². The second-order valence-electron chi connectivity index (χ2n) is 8.52. The predicted molar refractivity (Wildman–Crippen MR) is 109 cm³/mol. The van der Waals surface area contributed by atoms with Crippen LogP contribution in [0.3, 0.4) is 0 Å². The lowest BCUT2D eigenvalue weighted by Crippen LogP contribution is -2.53. The summed E-state index contributed by atoms with van der Waals surface area (Å²) in [5.74, 6) is 1.07. The average Bonchev–Trinajstić information content (AvgIpc) is 3.04. The van der Waals surface area contributed by atoms with Crippen molar-refractivity contribution in [1.29, 1.82) is 0 Å². The summed E-state index contributed by atoms with van der Waals surface area (Å²) in [6, 6.07) is 0.971. The number of nitrogens with one attached hydrogen (secondary N) is 2. The van der Waals surface area contributed by atoms with Crippen LogP contribution in [-0.4, -0.2) is 84.5 Å². The SMILES string of the molecule is CNC(=O)N1CCC[C@H]1C1CCN(C2CCCN(C(=O)NC(C)=[NH2+])CC2)CC1. The van der Waals surface area contributed by atoms with Crippen molar-refractivity contribution >= 4 is 17.9 Å². The van der Waals surface area contributed by atoms with Crippen molar-refractivity contribution in [2.75, 3.05) is 39.8 Å². The molecule has 3 saturated heterocycles. The molecule has 8 heteroatoms. The molecule has 3 fully saturated rings. The summed E-state index contributed by atoms with van der Waals surface area (Å²) in [4.78, 5) is 30.9. The minimum absolute atomic E-state index is 0.0742. The molecule has 0 aromatic rings. The maximum absolute atomic E-state index is 12.2. The van der Waals surface area contributed by atoms with Gasteiger partial charge >= 0.3 is 12.1 Å². The summed E-state index contributed by atoms with van der Waals surface area (Å²) in [5, 5.41) is 11.1. The van der Waals surface area contributed by atoms with Gasteiger partial charge in [-0.15, -0.1) is 0 Å². The molecule has 2 atom stereocenters. The molecule has 4 N–H and O–H groups in total. The molecule has 0 aromatic carbocycles. The summed E-state index contributed by atoms with van der Waals surface area (Å²) >= 11 is 0. The van der Waals surface area contributed by atoms with Crippen LogP contribution in [0, 0.1) is 5.92 Å². The van der Waals surface area contributed by atoms with Gasteiger partial charge in [0.05, 0.1) is 0 Å². The number of piperidine rings is 1. The van der Waals surface area contributed by atoms with E-state index in [2.05, 4.69) is 20.4 Å². The van der Waals surface area contributed by atoms with Gasteiger partial charge in [-0.3, -0.25) is 5.41 Å². The van der Waals surface area contributed by atoms with Crippen LogP contribution < -0.4 is 16.0 Å². The van der Waals surface area contributed by atoms with Gasteiger partial charge in [0.1, 0.15) is 0 Å². The van der Waals surface area contributed by atoms with E-state index in [0.717, 1.165) is 64.8 Å². The number of amidine groups is 1. The second kappa shape index (κ2) is 9.58. The lowest BCUT2D eigenvalue weighted by atomic mass is 9.87. The second-order valence-corrected chi connectivity index (χ2v) is 8.52. The van der Waals surface area contributed by atoms with E-state index in [1.807, 2.05) is 4.90 Å². The molecule has 28 heavy (non-hydrogen) atoms. The van der Waals surface area contributed by atoms with Crippen molar-refractivity contribution in [1.82, 2.24) is 25.3 Å². The number of amides is 4. The van der Waals surface area contributed by atoms with E-state index in [1.165, 1.54) is 12.8 Å². The predicted octanol–water partition coefficient (Wildman–Crippen LogP) is 0.244. The third-order valence-electron chi connectivity index (χ3n) is 6.70. The summed E-state index contributed by atoms with van der Waals surface area (Å²) in [5.41, 5.74) is 0. The number of urea groups is 2. The van der Waals surface area contributed by atoms with Gasteiger partial charge in [-0.1, -0.05) is 0 Å². The molecular formula is C20H37N6O2+. The zero-order valence-electron chi connectivity index (χ0n) is 17.5. The summed E-state index contributed by atoms with van der Waals surface area (Å²) in [6.07, 6.45) is 7.81. The lowest BCUT2D eigenvalue weighted by Gasteiger charge is -2.41. The van der Waals surface area contributed by atoms with Gasteiger partial charge in [-0.25, -0.2) is 9.59 Å². The van der Waals surface area contributed by atoms with Crippen molar-refractivity contribution < 1.29 is 15.0 Å². The molecule has 0 radical (unpaired) electrons. The van der Waals surface area contributed by atoms with Crippen molar-refractivity contribution in [2.24, 2.45) is 5.92 Å². The number of hydrogen-bond donors (Lipinski definition) is 3. The number of rotatable bonds is 2. The lowest BCUT2D eigenvalue weighted by molar-refractivity contribution is -0.118. The molecule has 0 aromatic heterocycles. The molecule has 3 aliphatic rings. The van der Waals surface area contributed by atoms with Crippen LogP contribution in [0.5, 0.6) is 0 Å². The Kier molecular flexibility index (Phi) is 7.15. The highest BCUT2D eigenvalue weighted by Gasteiger charge is 2.37. The third kappa shape index (κ3) is 4.96. The maximum Gasteiger partial charge on any atom is 0.408 e. The summed E-state index contributed by atoms with van der Waals surface area (Å²) < 4.78 is 0. The Morgan fingerprint density at radius 3 is 2.29 bits per heavy atom. The number of nitrogens with two attached hydrogens (primary N) is 1. The molecule has 0 spiro atoms. The van der Waals surface area contributed by atoms with Crippen molar-refractivity contribution in [3.63, 3.8) is 0 Å². The summed E-state index contributed by atoms with van der Waals surface area (Å²) in [6.45, 7) is 6.40. The molecule has 158 valence electrons. The van der Waals surface area contributed by atoms with Crippen LogP contribution in [0.2, 0.25) is 0 Å². The monoisotopic (exact) mass is 393 g/mol. The van der Waals surface area contributed by atoms with E-state index >= 15 is 0 Å². The Morgan fingerprint density at radius 2 is 1.61 bits per heavy atom. The zero-order chi connectivity index (χ0) is 20.1. The number of carbonyl (C=O) groups excluding carboxylic acids is 2. The molecule has 0 bridgehead atoms. The molecule has 4 amide bonds. The maximum atomic E-state index is 12.2. The third-order valence-corrected chi connectivity index (χ3v) is 6.70. The van der Waals surface area contributed by atoms with E-state index in [9.17, 15) is 9.59 Å². The van der Waals surface area contributed by atoms with E-state index in [4.69, 9.17) is 5.41 Å². The Balaban J connectivity index is 1.48. The fourth-order valence-electron chi connectivity index (χ4n) is 5.24. The molecule has 8 nitrogen and oxygen atoms in total. The first-order valence-corrected chi connectivity index (χ1v) is 10.9. The van der Waals surface area contributed by atoms with E-state index < -0.39 is 0 Å². The molecule has 3 rings (SSSR count). The molecule has 0 aliphatic carbocycles. The fraction of sp³-hybridized carbons (Fsp3) is 0.850. The van der Waals surface area contributed by atoms with Gasteiger partial charge in [0.15, 0.2) is 0 Å². The topological polar surface area (TPSA) is 93.5 Å². The van der Waals surface area contributed by atoms with Crippen LogP contribution in [0.4, 0.5) is 9.59 Å². The Morgan fingerprint density at radius 1 is 0.893 bits per heavy atom. The van der Waals surface area contributed by atoms with Gasteiger partial charge in [0, 0.05) is 45.7 Å². The Hall–Kier alpha value is -1.83. The molecule has 0 saturated carbocycles. The number of hydrogen-bond acceptors (Lipinski definition) is 3. The highest BCUT2D eigenvalue weighted by Crippen LogP contribution is 2.32. The summed E-state index contributed by atoms with van der Waals surface area (Å²) in [7, 11) is 1.73. The molecule has 3 heterocycles. The zero-order valence-corrected chi connectivity index (χ0v) is 17.5. The first-order chi connectivity index (χ1) is 13.5. The van der Waals surface area contributed by atoms with Crippen LogP contribution in [0.15, 0.2) is 0 Å². The highest BCUT2D eigenvalue weighted by molar-refractivity contribution is 5.93. The normalized spacial score (nSPS) is 27.4. The molecule has 3 aliphatic heterocycles. The van der Waals surface area contributed by atoms with Gasteiger partial charge < -0.3 is 20.0 Å². The molecule has 1 unspecified atom stereocenters. The van der Waals surface area contributed by atoms with E-state index in [-0.39, 0.29) is 12.1 Å². The molecular weight excluding hydrogens is 356 g/mol. The first-order valence-electron chi connectivity index (χ1n) is 10.9. The quantitative estimate of drug-likeness (QED) is 0.464. The van der Waals surface area contributed by atoms with Gasteiger partial charge in [-0.2, -0.15) is 5.32 Å². The van der Waals surface area contributed by atoms with Crippen LogP contribution >= 0.6 is 0 Å². The van der Waals surface area contributed by atoms with E-state index in [0.29, 0.717) is 23.8 Å². The van der Waals surface area contributed by atoms with Crippen molar-refractivity contribution in [2.45, 2.75) is 64.0 Å². The standard InChI is InChI=1S/C20H36N6O2/c1-15(21)23-20(28)25-10-3-5-17(9-14-25)24-12-7-16(8-13-24)18-6-4-11-26(18)19(27)22-2/h16-18H,3-14H2,1-2H3,(H,22,27)(H2,21,23,28)/p+1/t17?,18-/m0/s1. The number of carbonyl (C=O) groups is 2. The first kappa shape index (κ1) is 20.9. The average molecular weight is 394 g/mol. The van der Waals surface area contributed by atoms with Crippen LogP contribution in [-0.2, 0) is 0 Å². The fourth-order valence-corrected chi connectivity index (χ4v) is 5.24. The number of nitrogens with zero attached hydrogens (tertiary/aromatic N) is 3. The van der Waals surface area contributed by atoms with Gasteiger partial charge in [0.25, 0.3) is 0 Å². The Bertz CT molecular complexity index is 575. The van der Waals surface area contributed by atoms with Gasteiger partial charge in [0.2, 0.25) is 5.84 Å². The highest BCUT2D eigenvalue weighted by atomic mass is 16.2. The number of likely N-dealkylation sites (tertiary alicyclic amines) is 3.